The Morgan fingerprint density at radius 2 is 1.89 bits per heavy atom. The lowest BCUT2D eigenvalue weighted by molar-refractivity contribution is -0.0946. The zero-order valence-corrected chi connectivity index (χ0v) is 15.6. The van der Waals surface area contributed by atoms with Gasteiger partial charge in [-0.25, -0.2) is 0 Å². The average molecular weight is 365 g/mol. The first-order valence-electron chi connectivity index (χ1n) is 9.04. The molecule has 1 saturated heterocycles. The Bertz CT molecular complexity index is 885. The summed E-state index contributed by atoms with van der Waals surface area (Å²) in [6, 6.07) is 14.2. The molecule has 0 spiro atoms. The topological polar surface area (TPSA) is 65.3 Å². The molecule has 0 amide bonds. The van der Waals surface area contributed by atoms with Gasteiger partial charge in [0, 0.05) is 31.4 Å². The van der Waals surface area contributed by atoms with Crippen LogP contribution in [0.5, 0.6) is 0 Å². The third-order valence-corrected chi connectivity index (χ3v) is 4.48. The fourth-order valence-electron chi connectivity index (χ4n) is 3.02. The van der Waals surface area contributed by atoms with E-state index in [1.807, 2.05) is 60.2 Å². The van der Waals surface area contributed by atoms with Gasteiger partial charge < -0.3 is 14.4 Å². The summed E-state index contributed by atoms with van der Waals surface area (Å²) in [5.74, 6) is 0.836. The molecule has 27 heavy (non-hydrogen) atoms. The fraction of sp³-hybridized carbons (Fsp3) is 0.350. The largest absolute Gasteiger partial charge is 0.376 e. The molecule has 0 saturated carbocycles. The lowest BCUT2D eigenvalue weighted by Gasteiger charge is -2.22. The van der Waals surface area contributed by atoms with Crippen molar-refractivity contribution < 1.29 is 9.47 Å². The van der Waals surface area contributed by atoms with Gasteiger partial charge in [0.1, 0.15) is 6.10 Å². The van der Waals surface area contributed by atoms with Crippen molar-refractivity contribution in [1.82, 2.24) is 20.0 Å². The lowest BCUT2D eigenvalue weighted by atomic mass is 10.1. The molecule has 0 bridgehead atoms. The molecule has 7 nitrogen and oxygen atoms in total. The molecule has 0 N–H and O–H groups in total. The lowest BCUT2D eigenvalue weighted by Crippen LogP contribution is -2.32. The quantitative estimate of drug-likeness (QED) is 0.692. The van der Waals surface area contributed by atoms with Gasteiger partial charge in [0.2, 0.25) is 0 Å². The molecule has 7 heteroatoms. The van der Waals surface area contributed by atoms with Crippen LogP contribution in [0.25, 0.3) is 22.5 Å². The van der Waals surface area contributed by atoms with Crippen LogP contribution in [0.2, 0.25) is 0 Å². The van der Waals surface area contributed by atoms with Crippen LogP contribution in [-0.4, -0.2) is 60.0 Å². The van der Waals surface area contributed by atoms with Crippen LogP contribution in [0.4, 0.5) is 5.82 Å². The van der Waals surface area contributed by atoms with Crippen molar-refractivity contribution >= 4 is 5.82 Å². The van der Waals surface area contributed by atoms with E-state index in [-0.39, 0.29) is 6.10 Å². The summed E-state index contributed by atoms with van der Waals surface area (Å²) >= 11 is 0. The molecule has 3 aromatic rings. The van der Waals surface area contributed by atoms with Crippen LogP contribution < -0.4 is 4.90 Å². The summed E-state index contributed by atoms with van der Waals surface area (Å²) in [7, 11) is 3.90. The highest BCUT2D eigenvalue weighted by Gasteiger charge is 2.15. The maximum Gasteiger partial charge on any atom is 0.150 e. The number of aromatic nitrogens is 4. The monoisotopic (exact) mass is 365 g/mol. The molecule has 2 aromatic heterocycles. The summed E-state index contributed by atoms with van der Waals surface area (Å²) in [6.07, 6.45) is 2.04. The summed E-state index contributed by atoms with van der Waals surface area (Å²) in [5, 5.41) is 13.3. The molecule has 4 rings (SSSR count). The van der Waals surface area contributed by atoms with Crippen LogP contribution in [-0.2, 0) is 16.0 Å². The van der Waals surface area contributed by atoms with E-state index >= 15 is 0 Å². The van der Waals surface area contributed by atoms with E-state index < -0.39 is 0 Å². The van der Waals surface area contributed by atoms with Crippen molar-refractivity contribution in [3.63, 3.8) is 0 Å². The number of ether oxygens (including phenoxy) is 2. The van der Waals surface area contributed by atoms with E-state index in [9.17, 15) is 0 Å². The highest BCUT2D eigenvalue weighted by Crippen LogP contribution is 2.24. The Kier molecular flexibility index (Phi) is 5.13. The van der Waals surface area contributed by atoms with Crippen molar-refractivity contribution in [3.05, 3.63) is 48.7 Å². The predicted molar refractivity (Wildman–Crippen MR) is 104 cm³/mol. The number of nitrogens with zero attached hydrogens (tertiary/aromatic N) is 5. The molecule has 0 radical (unpaired) electrons. The number of benzene rings is 1. The third kappa shape index (κ3) is 4.15. The number of rotatable bonds is 5. The van der Waals surface area contributed by atoms with Gasteiger partial charge in [0.05, 0.1) is 37.8 Å². The summed E-state index contributed by atoms with van der Waals surface area (Å²) in [6.45, 7) is 2.63. The summed E-state index contributed by atoms with van der Waals surface area (Å²) in [5.41, 5.74) is 3.83. The Morgan fingerprint density at radius 1 is 1.04 bits per heavy atom. The Morgan fingerprint density at radius 3 is 2.59 bits per heavy atom. The fourth-order valence-corrected chi connectivity index (χ4v) is 3.02. The van der Waals surface area contributed by atoms with Crippen molar-refractivity contribution in [2.24, 2.45) is 0 Å². The maximum absolute atomic E-state index is 5.70. The molecule has 3 heterocycles. The van der Waals surface area contributed by atoms with Crippen molar-refractivity contribution in [2.75, 3.05) is 38.8 Å². The van der Waals surface area contributed by atoms with Gasteiger partial charge in [-0.2, -0.15) is 5.10 Å². The summed E-state index contributed by atoms with van der Waals surface area (Å²) in [4.78, 5) is 1.93. The number of hydrogen-bond donors (Lipinski definition) is 0. The molecule has 1 fully saturated rings. The van der Waals surface area contributed by atoms with Gasteiger partial charge in [0.25, 0.3) is 0 Å². The predicted octanol–water partition coefficient (Wildman–Crippen LogP) is 2.49. The molecule has 0 aliphatic carbocycles. The normalized spacial score (nSPS) is 17.0. The maximum atomic E-state index is 5.70. The van der Waals surface area contributed by atoms with Crippen LogP contribution >= 0.6 is 0 Å². The molecular formula is C20H23N5O2. The number of anilines is 1. The van der Waals surface area contributed by atoms with E-state index in [2.05, 4.69) is 27.4 Å². The van der Waals surface area contributed by atoms with Crippen molar-refractivity contribution in [3.8, 4) is 22.5 Å². The van der Waals surface area contributed by atoms with Crippen molar-refractivity contribution in [2.45, 2.75) is 12.6 Å². The van der Waals surface area contributed by atoms with E-state index in [4.69, 9.17) is 9.47 Å². The van der Waals surface area contributed by atoms with Gasteiger partial charge in [-0.3, -0.25) is 4.68 Å². The van der Waals surface area contributed by atoms with Gasteiger partial charge in [-0.15, -0.1) is 10.2 Å². The second-order valence-corrected chi connectivity index (χ2v) is 6.74. The van der Waals surface area contributed by atoms with E-state index in [0.717, 1.165) is 28.3 Å². The average Bonchev–Trinajstić information content (AvgIpc) is 3.17. The third-order valence-electron chi connectivity index (χ3n) is 4.48. The Hall–Kier alpha value is -2.77. The Balaban J connectivity index is 1.52. The SMILES string of the molecule is CN(C)c1ccc(-c2cccc(-c3ccn(C[C@H]4COCCO4)n3)c2)nn1. The molecule has 1 aliphatic heterocycles. The molecule has 0 unspecified atom stereocenters. The second kappa shape index (κ2) is 7.85. The number of hydrogen-bond acceptors (Lipinski definition) is 6. The van der Waals surface area contributed by atoms with E-state index in [1.54, 1.807) is 0 Å². The zero-order valence-electron chi connectivity index (χ0n) is 15.6. The first kappa shape index (κ1) is 17.6. The van der Waals surface area contributed by atoms with Crippen molar-refractivity contribution in [1.29, 1.82) is 0 Å². The molecule has 140 valence electrons. The summed E-state index contributed by atoms with van der Waals surface area (Å²) < 4.78 is 13.1. The minimum atomic E-state index is 0.0586. The van der Waals surface area contributed by atoms with Crippen LogP contribution in [0.3, 0.4) is 0 Å². The van der Waals surface area contributed by atoms with Crippen LogP contribution in [0.1, 0.15) is 0 Å². The smallest absolute Gasteiger partial charge is 0.150 e. The van der Waals surface area contributed by atoms with E-state index in [1.165, 1.54) is 0 Å². The standard InChI is InChI=1S/C20H23N5O2/c1-24(2)20-7-6-18(21-22-20)15-4-3-5-16(12-15)19-8-9-25(23-19)13-17-14-26-10-11-27-17/h3-9,12,17H,10-11,13-14H2,1-2H3/t17-/m0/s1. The highest BCUT2D eigenvalue weighted by atomic mass is 16.6. The zero-order chi connectivity index (χ0) is 18.6. The van der Waals surface area contributed by atoms with Crippen LogP contribution in [0.15, 0.2) is 48.7 Å². The van der Waals surface area contributed by atoms with Gasteiger partial charge in [-0.1, -0.05) is 18.2 Å². The van der Waals surface area contributed by atoms with Gasteiger partial charge in [-0.05, 0) is 24.3 Å². The first-order chi connectivity index (χ1) is 13.2. The molecular weight excluding hydrogens is 342 g/mol. The minimum Gasteiger partial charge on any atom is -0.376 e. The van der Waals surface area contributed by atoms with E-state index in [0.29, 0.717) is 26.4 Å². The minimum absolute atomic E-state index is 0.0586. The molecule has 1 aromatic carbocycles. The van der Waals surface area contributed by atoms with Gasteiger partial charge >= 0.3 is 0 Å². The molecule has 1 aliphatic rings. The Labute approximate surface area is 158 Å². The van der Waals surface area contributed by atoms with Gasteiger partial charge in [0.15, 0.2) is 5.82 Å². The second-order valence-electron chi connectivity index (χ2n) is 6.74. The molecule has 1 atom stereocenters. The highest BCUT2D eigenvalue weighted by molar-refractivity contribution is 5.69. The first-order valence-corrected chi connectivity index (χ1v) is 9.04. The van der Waals surface area contributed by atoms with Crippen LogP contribution in [0, 0.1) is 0 Å².